The molecule has 5 nitrogen and oxygen atoms in total. The van der Waals surface area contributed by atoms with E-state index >= 15 is 0 Å². The number of nitro groups is 1. The van der Waals surface area contributed by atoms with E-state index in [0.29, 0.717) is 6.42 Å². The van der Waals surface area contributed by atoms with E-state index < -0.39 is 10.5 Å². The van der Waals surface area contributed by atoms with Crippen LogP contribution in [0.15, 0.2) is 24.3 Å². The fraction of sp³-hybridized carbons (Fsp3) is 0.500. The molecular formula is C12H16N2O3. The Hall–Kier alpha value is -1.46. The minimum atomic E-state index is -0.665. The van der Waals surface area contributed by atoms with Crippen LogP contribution in [0.5, 0.6) is 0 Å². The van der Waals surface area contributed by atoms with E-state index in [2.05, 4.69) is 5.32 Å². The highest BCUT2D eigenvalue weighted by Gasteiger charge is 2.29. The van der Waals surface area contributed by atoms with Gasteiger partial charge in [-0.25, -0.2) is 0 Å². The molecule has 1 aromatic rings. The average Bonchev–Trinajstić information content (AvgIpc) is 2.30. The van der Waals surface area contributed by atoms with Crippen LogP contribution in [0, 0.1) is 10.1 Å². The first-order chi connectivity index (χ1) is 8.09. The lowest BCUT2D eigenvalue weighted by Gasteiger charge is -2.32. The normalized spacial score (nSPS) is 18.9. The summed E-state index contributed by atoms with van der Waals surface area (Å²) < 4.78 is 0. The van der Waals surface area contributed by atoms with Crippen molar-refractivity contribution in [3.8, 4) is 0 Å². The predicted molar refractivity (Wildman–Crippen MR) is 63.9 cm³/mol. The Morgan fingerprint density at radius 3 is 2.41 bits per heavy atom. The molecule has 1 aromatic carbocycles. The van der Waals surface area contributed by atoms with Gasteiger partial charge in [0.2, 0.25) is 0 Å². The summed E-state index contributed by atoms with van der Waals surface area (Å²) in [6, 6.07) is 6.41. The van der Waals surface area contributed by atoms with E-state index in [4.69, 9.17) is 0 Å². The Labute approximate surface area is 99.6 Å². The van der Waals surface area contributed by atoms with E-state index in [1.165, 1.54) is 12.1 Å². The Kier molecular flexibility index (Phi) is 3.40. The summed E-state index contributed by atoms with van der Waals surface area (Å²) in [7, 11) is 0. The standard InChI is InChI=1S/C12H16N2O3/c15-12(5-7-13-8-6-12)9-10-1-3-11(4-2-10)14(16)17/h1-4,13,15H,5-9H2. The summed E-state index contributed by atoms with van der Waals surface area (Å²) in [6.07, 6.45) is 2.01. The lowest BCUT2D eigenvalue weighted by Crippen LogP contribution is -2.43. The number of hydrogen-bond acceptors (Lipinski definition) is 4. The lowest BCUT2D eigenvalue weighted by molar-refractivity contribution is -0.384. The molecule has 17 heavy (non-hydrogen) atoms. The summed E-state index contributed by atoms with van der Waals surface area (Å²) in [5.74, 6) is 0. The number of benzene rings is 1. The third-order valence-corrected chi connectivity index (χ3v) is 3.21. The number of hydrogen-bond donors (Lipinski definition) is 2. The molecule has 1 saturated heterocycles. The number of nitrogens with one attached hydrogen (secondary N) is 1. The van der Waals surface area contributed by atoms with Crippen molar-refractivity contribution in [2.45, 2.75) is 24.9 Å². The van der Waals surface area contributed by atoms with Crippen LogP contribution in [0.25, 0.3) is 0 Å². The van der Waals surface area contributed by atoms with Gasteiger partial charge in [0, 0.05) is 18.6 Å². The van der Waals surface area contributed by atoms with E-state index in [1.54, 1.807) is 12.1 Å². The molecule has 0 amide bonds. The third-order valence-electron chi connectivity index (χ3n) is 3.21. The van der Waals surface area contributed by atoms with E-state index in [9.17, 15) is 15.2 Å². The van der Waals surface area contributed by atoms with Crippen molar-refractivity contribution in [3.63, 3.8) is 0 Å². The largest absolute Gasteiger partial charge is 0.389 e. The molecule has 0 spiro atoms. The van der Waals surface area contributed by atoms with Gasteiger partial charge in [-0.2, -0.15) is 0 Å². The first-order valence-electron chi connectivity index (χ1n) is 5.76. The van der Waals surface area contributed by atoms with E-state index in [0.717, 1.165) is 31.5 Å². The second-order valence-electron chi connectivity index (χ2n) is 4.57. The van der Waals surface area contributed by atoms with E-state index in [-0.39, 0.29) is 5.69 Å². The molecule has 0 saturated carbocycles. The Morgan fingerprint density at radius 2 is 1.88 bits per heavy atom. The van der Waals surface area contributed by atoms with Crippen molar-refractivity contribution >= 4 is 5.69 Å². The monoisotopic (exact) mass is 236 g/mol. The molecule has 0 atom stereocenters. The maximum absolute atomic E-state index is 10.5. The van der Waals surface area contributed by atoms with Gasteiger partial charge in [0.1, 0.15) is 0 Å². The number of rotatable bonds is 3. The molecule has 92 valence electrons. The van der Waals surface area contributed by atoms with Crippen molar-refractivity contribution in [3.05, 3.63) is 39.9 Å². The van der Waals surface area contributed by atoms with Gasteiger partial charge in [-0.3, -0.25) is 10.1 Å². The Balaban J connectivity index is 2.05. The first-order valence-corrected chi connectivity index (χ1v) is 5.76. The van der Waals surface area contributed by atoms with Crippen LogP contribution in [-0.4, -0.2) is 28.7 Å². The van der Waals surface area contributed by atoms with Crippen LogP contribution in [0.1, 0.15) is 18.4 Å². The predicted octanol–water partition coefficient (Wildman–Crippen LogP) is 1.25. The fourth-order valence-electron chi connectivity index (χ4n) is 2.18. The van der Waals surface area contributed by atoms with Gasteiger partial charge in [-0.05, 0) is 31.5 Å². The van der Waals surface area contributed by atoms with Crippen LogP contribution in [0.2, 0.25) is 0 Å². The number of nitrogens with zero attached hydrogens (tertiary/aromatic N) is 1. The molecule has 1 fully saturated rings. The zero-order valence-electron chi connectivity index (χ0n) is 9.56. The summed E-state index contributed by atoms with van der Waals surface area (Å²) in [4.78, 5) is 10.1. The minimum absolute atomic E-state index is 0.0889. The quantitative estimate of drug-likeness (QED) is 0.611. The molecule has 1 heterocycles. The molecule has 0 unspecified atom stereocenters. The molecule has 2 N–H and O–H groups in total. The highest BCUT2D eigenvalue weighted by atomic mass is 16.6. The molecule has 1 aliphatic heterocycles. The maximum atomic E-state index is 10.5. The zero-order chi connectivity index (χ0) is 12.3. The van der Waals surface area contributed by atoms with Gasteiger partial charge in [-0.15, -0.1) is 0 Å². The zero-order valence-corrected chi connectivity index (χ0v) is 9.56. The summed E-state index contributed by atoms with van der Waals surface area (Å²) >= 11 is 0. The highest BCUT2D eigenvalue weighted by molar-refractivity contribution is 5.33. The number of non-ortho nitro benzene ring substituents is 1. The topological polar surface area (TPSA) is 75.4 Å². The van der Waals surface area contributed by atoms with Crippen LogP contribution in [0.3, 0.4) is 0 Å². The number of aliphatic hydroxyl groups is 1. The lowest BCUT2D eigenvalue weighted by atomic mass is 9.86. The molecule has 5 heteroatoms. The van der Waals surface area contributed by atoms with Crippen LogP contribution in [0.4, 0.5) is 5.69 Å². The summed E-state index contributed by atoms with van der Waals surface area (Å²) in [6.45, 7) is 1.65. The van der Waals surface area contributed by atoms with Gasteiger partial charge in [-0.1, -0.05) is 12.1 Å². The van der Waals surface area contributed by atoms with Crippen molar-refractivity contribution in [2.75, 3.05) is 13.1 Å². The molecule has 0 aliphatic carbocycles. The molecule has 0 bridgehead atoms. The van der Waals surface area contributed by atoms with Crippen molar-refractivity contribution in [2.24, 2.45) is 0 Å². The van der Waals surface area contributed by atoms with Crippen LogP contribution < -0.4 is 5.32 Å². The first kappa shape index (κ1) is 12.0. The van der Waals surface area contributed by atoms with Crippen molar-refractivity contribution in [1.29, 1.82) is 0 Å². The maximum Gasteiger partial charge on any atom is 0.269 e. The molecule has 2 rings (SSSR count). The van der Waals surface area contributed by atoms with Gasteiger partial charge in [0.15, 0.2) is 0 Å². The average molecular weight is 236 g/mol. The molecule has 1 aliphatic rings. The van der Waals surface area contributed by atoms with Crippen LogP contribution >= 0.6 is 0 Å². The Morgan fingerprint density at radius 1 is 1.29 bits per heavy atom. The highest BCUT2D eigenvalue weighted by Crippen LogP contribution is 2.24. The van der Waals surface area contributed by atoms with Gasteiger partial charge < -0.3 is 10.4 Å². The molecule has 0 aromatic heterocycles. The summed E-state index contributed by atoms with van der Waals surface area (Å²) in [5.41, 5.74) is 0.368. The van der Waals surface area contributed by atoms with Crippen molar-refractivity contribution in [1.82, 2.24) is 5.32 Å². The van der Waals surface area contributed by atoms with Crippen LogP contribution in [-0.2, 0) is 6.42 Å². The summed E-state index contributed by atoms with van der Waals surface area (Å²) in [5, 5.41) is 24.0. The van der Waals surface area contributed by atoms with Gasteiger partial charge >= 0.3 is 0 Å². The fourth-order valence-corrected chi connectivity index (χ4v) is 2.18. The molecule has 0 radical (unpaired) electrons. The molecular weight excluding hydrogens is 220 g/mol. The second kappa shape index (κ2) is 4.81. The van der Waals surface area contributed by atoms with E-state index in [1.807, 2.05) is 0 Å². The van der Waals surface area contributed by atoms with Gasteiger partial charge in [0.25, 0.3) is 5.69 Å². The second-order valence-corrected chi connectivity index (χ2v) is 4.57. The number of nitro benzene ring substituents is 1. The SMILES string of the molecule is O=[N+]([O-])c1ccc(CC2(O)CCNCC2)cc1. The Bertz CT molecular complexity index is 397. The van der Waals surface area contributed by atoms with Crippen molar-refractivity contribution < 1.29 is 10.0 Å². The smallest absolute Gasteiger partial charge is 0.269 e. The van der Waals surface area contributed by atoms with Gasteiger partial charge in [0.05, 0.1) is 10.5 Å². The third kappa shape index (κ3) is 3.01. The number of piperidine rings is 1. The minimum Gasteiger partial charge on any atom is -0.389 e.